The van der Waals surface area contributed by atoms with Gasteiger partial charge in [0, 0.05) is 10.7 Å². The highest BCUT2D eigenvalue weighted by Gasteiger charge is 2.38. The van der Waals surface area contributed by atoms with E-state index in [1.54, 1.807) is 12.1 Å². The van der Waals surface area contributed by atoms with Crippen LogP contribution in [0, 0.1) is 0 Å². The van der Waals surface area contributed by atoms with Gasteiger partial charge < -0.3 is 5.32 Å². The first-order chi connectivity index (χ1) is 7.34. The van der Waals surface area contributed by atoms with Gasteiger partial charge in [0.1, 0.15) is 0 Å². The van der Waals surface area contributed by atoms with Crippen LogP contribution >= 0.6 is 11.6 Å². The van der Waals surface area contributed by atoms with Crippen molar-refractivity contribution in [2.24, 2.45) is 0 Å². The highest BCUT2D eigenvalue weighted by Crippen LogP contribution is 2.17. The average Bonchev–Trinajstić information content (AvgIpc) is 2.21. The Labute approximate surface area is 97.6 Å². The Bertz CT molecular complexity index is 414. The number of hydrogen-bond donors (Lipinski definition) is 1. The van der Waals surface area contributed by atoms with Crippen molar-refractivity contribution in [3.8, 4) is 0 Å². The lowest BCUT2D eigenvalue weighted by Crippen LogP contribution is -2.41. The van der Waals surface area contributed by atoms with Gasteiger partial charge in [-0.1, -0.05) is 11.6 Å². The molecule has 0 heterocycles. The minimum Gasteiger partial charge on any atom is -0.323 e. The molecule has 0 saturated carbocycles. The fourth-order valence-electron chi connectivity index (χ4n) is 0.942. The van der Waals surface area contributed by atoms with E-state index in [1.165, 1.54) is 12.1 Å². The van der Waals surface area contributed by atoms with E-state index in [1.807, 2.05) is 0 Å². The fraction of sp³-hybridized carbons (Fsp3) is 0.273. The Morgan fingerprint density at radius 1 is 1.31 bits per heavy atom. The molecule has 1 atom stereocenters. The zero-order valence-corrected chi connectivity index (χ0v) is 9.64. The van der Waals surface area contributed by atoms with Crippen LogP contribution < -0.4 is 5.32 Å². The van der Waals surface area contributed by atoms with E-state index >= 15 is 0 Å². The highest BCUT2D eigenvalue weighted by molar-refractivity contribution is 6.30. The maximum Gasteiger partial charge on any atom is 0.269 e. The lowest BCUT2D eigenvalue weighted by molar-refractivity contribution is -0.138. The van der Waals surface area contributed by atoms with E-state index < -0.39 is 17.4 Å². The molecule has 0 saturated heterocycles. The van der Waals surface area contributed by atoms with Gasteiger partial charge >= 0.3 is 0 Å². The van der Waals surface area contributed by atoms with Gasteiger partial charge in [-0.2, -0.15) is 0 Å². The molecular weight excluding hydrogens is 233 g/mol. The third kappa shape index (κ3) is 2.79. The molecule has 0 aromatic heterocycles. The summed E-state index contributed by atoms with van der Waals surface area (Å²) < 4.78 is 13.6. The van der Waals surface area contributed by atoms with Crippen molar-refractivity contribution in [1.29, 1.82) is 0 Å². The number of alkyl halides is 1. The highest BCUT2D eigenvalue weighted by atomic mass is 35.5. The summed E-state index contributed by atoms with van der Waals surface area (Å²) in [4.78, 5) is 22.3. The molecule has 1 aromatic rings. The smallest absolute Gasteiger partial charge is 0.269 e. The molecule has 0 fully saturated rings. The molecule has 1 amide bonds. The molecule has 1 N–H and O–H groups in total. The van der Waals surface area contributed by atoms with Gasteiger partial charge in [0.15, 0.2) is 5.78 Å². The molecule has 0 aliphatic heterocycles. The van der Waals surface area contributed by atoms with E-state index in [0.717, 1.165) is 13.8 Å². The number of amides is 1. The van der Waals surface area contributed by atoms with Crippen molar-refractivity contribution in [2.45, 2.75) is 19.5 Å². The summed E-state index contributed by atoms with van der Waals surface area (Å²) in [5.74, 6) is -1.82. The van der Waals surface area contributed by atoms with Gasteiger partial charge in [0.05, 0.1) is 0 Å². The minimum atomic E-state index is -2.51. The number of hydrogen-bond acceptors (Lipinski definition) is 2. The van der Waals surface area contributed by atoms with Crippen LogP contribution in [0.15, 0.2) is 24.3 Å². The monoisotopic (exact) mass is 243 g/mol. The maximum absolute atomic E-state index is 13.6. The Balaban J connectivity index is 2.79. The summed E-state index contributed by atoms with van der Waals surface area (Å²) in [6.45, 7) is 1.96. The predicted molar refractivity (Wildman–Crippen MR) is 60.3 cm³/mol. The first-order valence-corrected chi connectivity index (χ1v) is 4.99. The van der Waals surface area contributed by atoms with E-state index in [2.05, 4.69) is 5.32 Å². The molecule has 1 aromatic carbocycles. The number of carbonyl (C=O) groups is 2. The summed E-state index contributed by atoms with van der Waals surface area (Å²) in [5.41, 5.74) is -2.13. The van der Waals surface area contributed by atoms with Crippen LogP contribution in [0.3, 0.4) is 0 Å². The second kappa shape index (κ2) is 4.61. The molecular formula is C11H11ClFNO2. The molecule has 1 unspecified atom stereocenters. The summed E-state index contributed by atoms with van der Waals surface area (Å²) in [6, 6.07) is 6.16. The third-order valence-corrected chi connectivity index (χ3v) is 2.44. The van der Waals surface area contributed by atoms with Crippen molar-refractivity contribution in [3.05, 3.63) is 29.3 Å². The number of nitrogens with one attached hydrogen (secondary N) is 1. The Morgan fingerprint density at radius 2 is 1.81 bits per heavy atom. The number of benzene rings is 1. The SMILES string of the molecule is CC(=O)C(C)(F)C(=O)Nc1ccc(Cl)cc1. The normalized spacial score (nSPS) is 14.0. The van der Waals surface area contributed by atoms with Crippen LogP contribution in [-0.4, -0.2) is 17.4 Å². The quantitative estimate of drug-likeness (QED) is 0.830. The van der Waals surface area contributed by atoms with Crippen molar-refractivity contribution < 1.29 is 14.0 Å². The van der Waals surface area contributed by atoms with Crippen LogP contribution in [0.1, 0.15) is 13.8 Å². The number of anilines is 1. The molecule has 0 spiro atoms. The standard InChI is InChI=1S/C11H11ClFNO2/c1-7(15)11(2,13)10(16)14-9-5-3-8(12)4-6-9/h3-6H,1-2H3,(H,14,16). The fourth-order valence-corrected chi connectivity index (χ4v) is 1.07. The van der Waals surface area contributed by atoms with Gasteiger partial charge in [0.2, 0.25) is 5.67 Å². The summed E-state index contributed by atoms with van der Waals surface area (Å²) in [5, 5.41) is 2.80. The predicted octanol–water partition coefficient (Wildman–Crippen LogP) is 2.60. The molecule has 0 aliphatic carbocycles. The second-order valence-electron chi connectivity index (χ2n) is 3.52. The van der Waals surface area contributed by atoms with E-state index in [4.69, 9.17) is 11.6 Å². The number of ketones is 1. The van der Waals surface area contributed by atoms with Crippen LogP contribution in [0.25, 0.3) is 0 Å². The largest absolute Gasteiger partial charge is 0.323 e. The maximum atomic E-state index is 13.6. The van der Waals surface area contributed by atoms with Crippen molar-refractivity contribution in [2.75, 3.05) is 5.32 Å². The third-order valence-electron chi connectivity index (χ3n) is 2.19. The molecule has 0 aliphatic rings. The molecule has 86 valence electrons. The lowest BCUT2D eigenvalue weighted by atomic mass is 10.0. The van der Waals surface area contributed by atoms with Crippen molar-refractivity contribution in [1.82, 2.24) is 0 Å². The van der Waals surface area contributed by atoms with Crippen molar-refractivity contribution in [3.63, 3.8) is 0 Å². The molecule has 3 nitrogen and oxygen atoms in total. The van der Waals surface area contributed by atoms with Crippen molar-refractivity contribution >= 4 is 29.0 Å². The van der Waals surface area contributed by atoms with Gasteiger partial charge in [-0.15, -0.1) is 0 Å². The Hall–Kier alpha value is -1.42. The zero-order valence-electron chi connectivity index (χ0n) is 8.88. The first-order valence-electron chi connectivity index (χ1n) is 4.61. The number of rotatable bonds is 3. The van der Waals surface area contributed by atoms with E-state index in [-0.39, 0.29) is 0 Å². The van der Waals surface area contributed by atoms with Crippen LogP contribution in [0.2, 0.25) is 5.02 Å². The number of carbonyl (C=O) groups excluding carboxylic acids is 2. The number of Topliss-reactive ketones (excluding diaryl/α,β-unsaturated/α-hetero) is 1. The zero-order chi connectivity index (χ0) is 12.3. The second-order valence-corrected chi connectivity index (χ2v) is 3.96. The van der Waals surface area contributed by atoms with Crippen LogP contribution in [-0.2, 0) is 9.59 Å². The number of halogens is 2. The molecule has 1 rings (SSSR count). The average molecular weight is 244 g/mol. The van der Waals surface area contributed by atoms with Gasteiger partial charge in [-0.25, -0.2) is 4.39 Å². The first kappa shape index (κ1) is 12.6. The Kier molecular flexibility index (Phi) is 3.65. The van der Waals surface area contributed by atoms with Gasteiger partial charge in [-0.05, 0) is 38.1 Å². The summed E-state index contributed by atoms with van der Waals surface area (Å²) in [7, 11) is 0. The lowest BCUT2D eigenvalue weighted by Gasteiger charge is -2.16. The molecule has 0 bridgehead atoms. The molecule has 5 heteroatoms. The minimum absolute atomic E-state index is 0.388. The topological polar surface area (TPSA) is 46.2 Å². The summed E-state index contributed by atoms with van der Waals surface area (Å²) >= 11 is 5.65. The van der Waals surface area contributed by atoms with Crippen LogP contribution in [0.5, 0.6) is 0 Å². The Morgan fingerprint density at radius 3 is 2.25 bits per heavy atom. The van der Waals surface area contributed by atoms with E-state index in [0.29, 0.717) is 10.7 Å². The van der Waals surface area contributed by atoms with Gasteiger partial charge in [-0.3, -0.25) is 9.59 Å². The molecule has 0 radical (unpaired) electrons. The van der Waals surface area contributed by atoms with Gasteiger partial charge in [0.25, 0.3) is 5.91 Å². The van der Waals surface area contributed by atoms with E-state index in [9.17, 15) is 14.0 Å². The summed E-state index contributed by atoms with van der Waals surface area (Å²) in [6.07, 6.45) is 0. The van der Waals surface area contributed by atoms with Crippen LogP contribution in [0.4, 0.5) is 10.1 Å². The molecule has 16 heavy (non-hydrogen) atoms.